The van der Waals surface area contributed by atoms with Crippen LogP contribution in [0.1, 0.15) is 219 Å². The highest BCUT2D eigenvalue weighted by atomic mass is 31.2. The van der Waals surface area contributed by atoms with Crippen LogP contribution in [0, 0.1) is 0 Å². The molecule has 0 radical (unpaired) electrons. The Balaban J connectivity index is 4.15. The summed E-state index contributed by atoms with van der Waals surface area (Å²) in [6.07, 6.45) is 51.7. The molecule has 59 heavy (non-hydrogen) atoms. The molecule has 0 spiro atoms. The predicted octanol–water partition coefficient (Wildman–Crippen LogP) is 14.3. The molecule has 0 aromatic heterocycles. The number of unbranched alkanes of at least 4 members (excludes halogenated alkanes) is 26. The average molecular weight is 854 g/mol. The van der Waals surface area contributed by atoms with Gasteiger partial charge in [0.25, 0.3) is 7.82 Å². The fourth-order valence-electron chi connectivity index (χ4n) is 6.85. The number of likely N-dealkylation sites (N-methyl/N-ethyl adjacent to an activating group) is 1. The molecule has 0 aromatic rings. The Morgan fingerprint density at radius 3 is 1.39 bits per heavy atom. The minimum Gasteiger partial charge on any atom is -0.756 e. The maximum absolute atomic E-state index is 12.7. The fraction of sp³-hybridized carbons (Fsp3) is 0.860. The second-order valence-corrected chi connectivity index (χ2v) is 19.2. The Bertz CT molecular complexity index is 1040. The third-order valence-corrected chi connectivity index (χ3v) is 11.7. The Kier molecular flexibility index (Phi) is 42.4. The highest BCUT2D eigenvalue weighted by Gasteiger charge is 2.20. The molecule has 0 aromatic carbocycles. The van der Waals surface area contributed by atoms with Gasteiger partial charge in [0.05, 0.1) is 34.4 Å². The average Bonchev–Trinajstić information content (AvgIpc) is 3.19. The van der Waals surface area contributed by atoms with Gasteiger partial charge >= 0.3 is 5.97 Å². The van der Waals surface area contributed by atoms with E-state index in [1.165, 1.54) is 154 Å². The molecular weight excluding hydrogens is 758 g/mol. The molecule has 1 unspecified atom stereocenters. The Labute approximate surface area is 365 Å². The monoisotopic (exact) mass is 854 g/mol. The number of allylic oxidation sites excluding steroid dienone is 6. The van der Waals surface area contributed by atoms with Gasteiger partial charge in [0.1, 0.15) is 19.3 Å². The molecule has 0 bridgehead atoms. The molecule has 0 fully saturated rings. The lowest BCUT2D eigenvalue weighted by Gasteiger charge is -2.28. The lowest BCUT2D eigenvalue weighted by Crippen LogP contribution is -2.37. The maximum Gasteiger partial charge on any atom is 0.306 e. The van der Waals surface area contributed by atoms with Crippen LogP contribution in [0.5, 0.6) is 0 Å². The first-order chi connectivity index (χ1) is 28.6. The van der Waals surface area contributed by atoms with E-state index in [1.54, 1.807) is 0 Å². The number of nitrogens with zero attached hydrogens (tertiary/aromatic N) is 1. The van der Waals surface area contributed by atoms with Crippen LogP contribution in [0.2, 0.25) is 0 Å². The molecule has 0 saturated heterocycles. The number of carbonyl (C=O) groups is 1. The molecule has 0 saturated carbocycles. The van der Waals surface area contributed by atoms with Gasteiger partial charge in [0, 0.05) is 13.0 Å². The van der Waals surface area contributed by atoms with Crippen molar-refractivity contribution in [2.24, 2.45) is 0 Å². The summed E-state index contributed by atoms with van der Waals surface area (Å²) in [5, 5.41) is 0. The van der Waals surface area contributed by atoms with Crippen LogP contribution in [-0.4, -0.2) is 70.7 Å². The number of esters is 1. The predicted molar refractivity (Wildman–Crippen MR) is 250 cm³/mol. The number of hydrogen-bond acceptors (Lipinski definition) is 7. The largest absolute Gasteiger partial charge is 0.756 e. The standard InChI is InChI=1S/C50H96NO7P/c1-6-8-10-12-14-16-18-20-22-23-24-25-26-27-28-30-32-34-36-38-40-42-45-55-47-49(48-57-59(53,54)56-46-44-51(3,4)5)58-50(52)43-41-39-37-35-33-31-29-21-19-17-15-13-11-9-7-2/h15,17,21,29,33,35,49H,6-14,16,18-20,22-28,30-32,34,36-48H2,1-5H3/b17-15-,29-21-,35-33-/t49-/m1/s1. The molecule has 0 aliphatic rings. The smallest absolute Gasteiger partial charge is 0.306 e. The van der Waals surface area contributed by atoms with Crippen LogP contribution in [0.3, 0.4) is 0 Å². The van der Waals surface area contributed by atoms with Gasteiger partial charge in [0.2, 0.25) is 0 Å². The van der Waals surface area contributed by atoms with E-state index in [9.17, 15) is 14.3 Å². The molecule has 0 rings (SSSR count). The minimum absolute atomic E-state index is 0.0199. The van der Waals surface area contributed by atoms with Gasteiger partial charge in [0.15, 0.2) is 0 Å². The number of phosphoric acid groups is 1. The molecular formula is C50H96NO7P. The third-order valence-electron chi connectivity index (χ3n) is 10.7. The van der Waals surface area contributed by atoms with E-state index in [2.05, 4.69) is 50.3 Å². The van der Waals surface area contributed by atoms with Crippen molar-refractivity contribution in [3.8, 4) is 0 Å². The van der Waals surface area contributed by atoms with Crippen molar-refractivity contribution >= 4 is 13.8 Å². The zero-order valence-electron chi connectivity index (χ0n) is 39.5. The van der Waals surface area contributed by atoms with Gasteiger partial charge in [-0.15, -0.1) is 0 Å². The van der Waals surface area contributed by atoms with Crippen LogP contribution in [0.25, 0.3) is 0 Å². The molecule has 8 nitrogen and oxygen atoms in total. The normalized spacial score (nSPS) is 13.9. The van der Waals surface area contributed by atoms with Crippen molar-refractivity contribution in [3.63, 3.8) is 0 Å². The van der Waals surface area contributed by atoms with E-state index in [0.29, 0.717) is 24.1 Å². The zero-order valence-corrected chi connectivity index (χ0v) is 40.4. The van der Waals surface area contributed by atoms with Crippen molar-refractivity contribution in [1.82, 2.24) is 0 Å². The highest BCUT2D eigenvalue weighted by molar-refractivity contribution is 7.45. The molecule has 0 N–H and O–H groups in total. The summed E-state index contributed by atoms with van der Waals surface area (Å²) in [4.78, 5) is 25.1. The van der Waals surface area contributed by atoms with Gasteiger partial charge in [-0.2, -0.15) is 0 Å². The van der Waals surface area contributed by atoms with E-state index in [4.69, 9.17) is 18.5 Å². The lowest BCUT2D eigenvalue weighted by molar-refractivity contribution is -0.870. The number of ether oxygens (including phenoxy) is 2. The minimum atomic E-state index is -4.54. The molecule has 0 heterocycles. The molecule has 2 atom stereocenters. The quantitative estimate of drug-likeness (QED) is 0.0198. The lowest BCUT2D eigenvalue weighted by atomic mass is 10.0. The van der Waals surface area contributed by atoms with Crippen LogP contribution in [-0.2, 0) is 27.9 Å². The number of quaternary nitrogens is 1. The summed E-state index contributed by atoms with van der Waals surface area (Å²) < 4.78 is 34.6. The Hall–Kier alpha value is -1.28. The number of hydrogen-bond donors (Lipinski definition) is 0. The van der Waals surface area contributed by atoms with Gasteiger partial charge < -0.3 is 27.9 Å². The molecule has 0 amide bonds. The number of rotatable bonds is 46. The summed E-state index contributed by atoms with van der Waals surface area (Å²) in [6.45, 7) is 5.36. The number of carbonyl (C=O) groups excluding carboxylic acids is 1. The van der Waals surface area contributed by atoms with E-state index >= 15 is 0 Å². The Morgan fingerprint density at radius 1 is 0.525 bits per heavy atom. The summed E-state index contributed by atoms with van der Waals surface area (Å²) in [5.41, 5.74) is 0. The third kappa shape index (κ3) is 47.6. The van der Waals surface area contributed by atoms with E-state index < -0.39 is 13.9 Å². The van der Waals surface area contributed by atoms with Crippen LogP contribution in [0.4, 0.5) is 0 Å². The maximum atomic E-state index is 12.7. The molecule has 0 aliphatic heterocycles. The van der Waals surface area contributed by atoms with Crippen molar-refractivity contribution in [2.45, 2.75) is 225 Å². The van der Waals surface area contributed by atoms with Gasteiger partial charge in [-0.25, -0.2) is 0 Å². The first-order valence-electron chi connectivity index (χ1n) is 24.7. The topological polar surface area (TPSA) is 94.1 Å². The fourth-order valence-corrected chi connectivity index (χ4v) is 7.58. The first-order valence-corrected chi connectivity index (χ1v) is 26.2. The van der Waals surface area contributed by atoms with Crippen LogP contribution >= 0.6 is 7.82 Å². The zero-order chi connectivity index (χ0) is 43.4. The van der Waals surface area contributed by atoms with Crippen LogP contribution < -0.4 is 4.89 Å². The highest BCUT2D eigenvalue weighted by Crippen LogP contribution is 2.38. The van der Waals surface area contributed by atoms with E-state index in [0.717, 1.165) is 38.5 Å². The van der Waals surface area contributed by atoms with Gasteiger partial charge in [-0.3, -0.25) is 9.36 Å². The second-order valence-electron chi connectivity index (χ2n) is 17.8. The van der Waals surface area contributed by atoms with Gasteiger partial charge in [-0.05, 0) is 51.4 Å². The summed E-state index contributed by atoms with van der Waals surface area (Å²) in [7, 11) is 1.34. The SMILES string of the molecule is CCCCC/C=C\C/C=C\C/C=C\CCCCC(=O)O[C@H](COCCCCCCCCCCCCCCCCCCCCCCCC)COP(=O)([O-])OCC[N+](C)(C)C. The molecule has 9 heteroatoms. The van der Waals surface area contributed by atoms with Crippen LogP contribution in [0.15, 0.2) is 36.5 Å². The summed E-state index contributed by atoms with van der Waals surface area (Å²) in [5.74, 6) is -0.368. The van der Waals surface area contributed by atoms with Crippen molar-refractivity contribution in [1.29, 1.82) is 0 Å². The second kappa shape index (κ2) is 43.4. The van der Waals surface area contributed by atoms with Gasteiger partial charge in [-0.1, -0.05) is 198 Å². The van der Waals surface area contributed by atoms with Crippen molar-refractivity contribution in [2.75, 3.05) is 54.1 Å². The summed E-state index contributed by atoms with van der Waals surface area (Å²) >= 11 is 0. The van der Waals surface area contributed by atoms with Crippen molar-refractivity contribution < 1.29 is 37.3 Å². The molecule has 348 valence electrons. The molecule has 0 aliphatic carbocycles. The number of phosphoric ester groups is 1. The first kappa shape index (κ1) is 57.7. The Morgan fingerprint density at radius 2 is 0.932 bits per heavy atom. The summed E-state index contributed by atoms with van der Waals surface area (Å²) in [6, 6.07) is 0. The van der Waals surface area contributed by atoms with E-state index in [1.807, 2.05) is 21.1 Å². The van der Waals surface area contributed by atoms with Crippen molar-refractivity contribution in [3.05, 3.63) is 36.5 Å². The van der Waals surface area contributed by atoms with E-state index in [-0.39, 0.29) is 32.2 Å².